The first-order valence-electron chi connectivity index (χ1n) is 7.30. The molecule has 24 heavy (non-hydrogen) atoms. The van der Waals surface area contributed by atoms with Crippen molar-refractivity contribution in [1.82, 2.24) is 29.1 Å². The molecule has 0 atom stereocenters. The van der Waals surface area contributed by atoms with E-state index >= 15 is 0 Å². The summed E-state index contributed by atoms with van der Waals surface area (Å²) in [6.07, 6.45) is 10.6. The molecule has 0 aliphatic heterocycles. The van der Waals surface area contributed by atoms with Crippen LogP contribution in [-0.4, -0.2) is 29.1 Å². The highest BCUT2D eigenvalue weighted by Crippen LogP contribution is 2.12. The van der Waals surface area contributed by atoms with Crippen LogP contribution in [0.3, 0.4) is 0 Å². The highest BCUT2D eigenvalue weighted by molar-refractivity contribution is 5.52. The van der Waals surface area contributed by atoms with E-state index in [-0.39, 0.29) is 6.54 Å². The van der Waals surface area contributed by atoms with E-state index in [0.717, 1.165) is 5.69 Å². The van der Waals surface area contributed by atoms with Crippen molar-refractivity contribution < 1.29 is 0 Å². The van der Waals surface area contributed by atoms with Gasteiger partial charge in [-0.15, -0.1) is 10.8 Å². The third kappa shape index (κ3) is 2.41. The highest BCUT2D eigenvalue weighted by atomic mass is 16.2. The van der Waals surface area contributed by atoms with Crippen LogP contribution in [-0.2, 0) is 6.54 Å². The van der Waals surface area contributed by atoms with Crippen LogP contribution < -0.4 is 11.1 Å². The molecule has 0 saturated heterocycles. The predicted molar refractivity (Wildman–Crippen MR) is 85.6 cm³/mol. The Hall–Kier alpha value is -3.51. The topological polar surface area (TPSA) is 87.6 Å². The van der Waals surface area contributed by atoms with Crippen LogP contribution in [0.1, 0.15) is 12.1 Å². The second-order valence-electron chi connectivity index (χ2n) is 5.27. The SMILES string of the molecule is O=c1c(=O)n(C2=C=CC2)ccn1Cc1cn(-c2cccnc2)nn1. The molecule has 4 rings (SSSR count). The average molecular weight is 320 g/mol. The molecule has 3 aromatic rings. The molecule has 0 bridgehead atoms. The standard InChI is InChI=1S/C16H12N6O2/c23-15-16(24)21(13-3-1-4-13)8-7-20(15)10-12-11-22(19-18-12)14-5-2-6-17-9-14/h1-2,5-9,11H,3,10H2. The molecule has 3 heterocycles. The van der Waals surface area contributed by atoms with Gasteiger partial charge in [0.15, 0.2) is 0 Å². The Kier molecular flexibility index (Phi) is 3.29. The first-order chi connectivity index (χ1) is 11.7. The average Bonchev–Trinajstić information content (AvgIpc) is 3.02. The zero-order valence-electron chi connectivity index (χ0n) is 12.5. The Labute approximate surface area is 135 Å². The van der Waals surface area contributed by atoms with E-state index < -0.39 is 11.1 Å². The Morgan fingerprint density at radius 2 is 2.08 bits per heavy atom. The number of hydrogen-bond acceptors (Lipinski definition) is 5. The van der Waals surface area contributed by atoms with Crippen LogP contribution in [0.25, 0.3) is 11.4 Å². The lowest BCUT2D eigenvalue weighted by atomic mass is 10.2. The number of rotatable bonds is 4. The molecular weight excluding hydrogens is 308 g/mol. The van der Waals surface area contributed by atoms with E-state index in [2.05, 4.69) is 21.0 Å². The van der Waals surface area contributed by atoms with Crippen molar-refractivity contribution in [2.24, 2.45) is 0 Å². The van der Waals surface area contributed by atoms with Crippen LogP contribution in [0.15, 0.2) is 64.5 Å². The minimum atomic E-state index is -0.602. The maximum absolute atomic E-state index is 12.2. The van der Waals surface area contributed by atoms with Gasteiger partial charge in [-0.05, 0) is 18.2 Å². The summed E-state index contributed by atoms with van der Waals surface area (Å²) in [5.74, 6) is 0. The summed E-state index contributed by atoms with van der Waals surface area (Å²) in [6, 6.07) is 3.64. The lowest BCUT2D eigenvalue weighted by molar-refractivity contribution is 0.699. The van der Waals surface area contributed by atoms with E-state index in [1.165, 1.54) is 9.13 Å². The summed E-state index contributed by atoms with van der Waals surface area (Å²) in [5, 5.41) is 8.05. The van der Waals surface area contributed by atoms with Gasteiger partial charge < -0.3 is 4.57 Å². The van der Waals surface area contributed by atoms with Crippen LogP contribution in [0.4, 0.5) is 0 Å². The quantitative estimate of drug-likeness (QED) is 0.514. The van der Waals surface area contributed by atoms with E-state index in [1.807, 2.05) is 12.1 Å². The van der Waals surface area contributed by atoms with Crippen LogP contribution in [0.2, 0.25) is 0 Å². The first-order valence-corrected chi connectivity index (χ1v) is 7.30. The number of allylic oxidation sites excluding steroid dienone is 1. The van der Waals surface area contributed by atoms with E-state index in [4.69, 9.17) is 0 Å². The van der Waals surface area contributed by atoms with Crippen molar-refractivity contribution >= 4 is 5.70 Å². The first kappa shape index (κ1) is 14.1. The minimum Gasteiger partial charge on any atom is -0.303 e. The summed E-state index contributed by atoms with van der Waals surface area (Å²) in [5.41, 5.74) is 3.74. The van der Waals surface area contributed by atoms with Gasteiger partial charge in [-0.2, -0.15) is 0 Å². The third-order valence-corrected chi connectivity index (χ3v) is 3.70. The highest BCUT2D eigenvalue weighted by Gasteiger charge is 2.12. The molecule has 3 aromatic heterocycles. The summed E-state index contributed by atoms with van der Waals surface area (Å²) in [4.78, 5) is 28.4. The summed E-state index contributed by atoms with van der Waals surface area (Å²) < 4.78 is 4.21. The van der Waals surface area contributed by atoms with Crippen molar-refractivity contribution in [3.8, 4) is 5.69 Å². The fourth-order valence-electron chi connectivity index (χ4n) is 2.37. The van der Waals surface area contributed by atoms with Crippen molar-refractivity contribution in [2.45, 2.75) is 13.0 Å². The van der Waals surface area contributed by atoms with Crippen LogP contribution >= 0.6 is 0 Å². The molecule has 1 aliphatic carbocycles. The molecule has 0 unspecified atom stereocenters. The molecule has 0 radical (unpaired) electrons. The minimum absolute atomic E-state index is 0.171. The number of pyridine rings is 1. The summed E-state index contributed by atoms with van der Waals surface area (Å²) in [6.45, 7) is 0.171. The molecule has 1 aliphatic rings. The van der Waals surface area contributed by atoms with Gasteiger partial charge in [0.1, 0.15) is 5.69 Å². The zero-order valence-corrected chi connectivity index (χ0v) is 12.5. The fourth-order valence-corrected chi connectivity index (χ4v) is 2.37. The van der Waals surface area contributed by atoms with Gasteiger partial charge in [-0.3, -0.25) is 19.1 Å². The Morgan fingerprint density at radius 1 is 1.21 bits per heavy atom. The lowest BCUT2D eigenvalue weighted by Crippen LogP contribution is -2.40. The largest absolute Gasteiger partial charge is 0.321 e. The lowest BCUT2D eigenvalue weighted by Gasteiger charge is -2.11. The van der Waals surface area contributed by atoms with E-state index in [0.29, 0.717) is 17.8 Å². The second kappa shape index (κ2) is 5.60. The van der Waals surface area contributed by atoms with E-state index in [9.17, 15) is 9.59 Å². The Bertz CT molecular complexity index is 1080. The summed E-state index contributed by atoms with van der Waals surface area (Å²) in [7, 11) is 0. The summed E-state index contributed by atoms with van der Waals surface area (Å²) >= 11 is 0. The smallest absolute Gasteiger partial charge is 0.303 e. The van der Waals surface area contributed by atoms with Crippen molar-refractivity contribution in [3.63, 3.8) is 0 Å². The fraction of sp³-hybridized carbons (Fsp3) is 0.125. The van der Waals surface area contributed by atoms with Gasteiger partial charge in [0.05, 0.1) is 30.3 Å². The molecule has 0 aromatic carbocycles. The monoisotopic (exact) mass is 320 g/mol. The van der Waals surface area contributed by atoms with Gasteiger partial charge in [0.25, 0.3) is 0 Å². The second-order valence-corrected chi connectivity index (χ2v) is 5.27. The number of hydrogen-bond donors (Lipinski definition) is 0. The van der Waals surface area contributed by atoms with E-state index in [1.54, 1.807) is 41.7 Å². The third-order valence-electron chi connectivity index (χ3n) is 3.70. The normalized spacial score (nSPS) is 12.8. The zero-order chi connectivity index (χ0) is 16.5. The van der Waals surface area contributed by atoms with Gasteiger partial charge >= 0.3 is 11.1 Å². The van der Waals surface area contributed by atoms with Crippen LogP contribution in [0.5, 0.6) is 0 Å². The van der Waals surface area contributed by atoms with Crippen molar-refractivity contribution in [2.75, 3.05) is 0 Å². The molecule has 0 N–H and O–H groups in total. The van der Waals surface area contributed by atoms with Crippen molar-refractivity contribution in [3.05, 3.63) is 81.3 Å². The molecule has 0 saturated carbocycles. The maximum Gasteiger partial charge on any atom is 0.321 e. The van der Waals surface area contributed by atoms with Gasteiger partial charge in [0, 0.05) is 25.0 Å². The number of aromatic nitrogens is 6. The predicted octanol–water partition coefficient (Wildman–Crippen LogP) is 0.434. The molecular formula is C16H12N6O2. The van der Waals surface area contributed by atoms with Crippen LogP contribution in [0, 0.1) is 0 Å². The van der Waals surface area contributed by atoms with Gasteiger partial charge in [-0.25, -0.2) is 4.68 Å². The maximum atomic E-state index is 12.2. The molecule has 8 nitrogen and oxygen atoms in total. The molecule has 8 heteroatoms. The van der Waals surface area contributed by atoms with Gasteiger partial charge in [0.2, 0.25) is 0 Å². The number of nitrogens with zero attached hydrogens (tertiary/aromatic N) is 6. The molecule has 118 valence electrons. The Balaban J connectivity index is 1.64. The molecule has 0 fully saturated rings. The molecule has 0 spiro atoms. The van der Waals surface area contributed by atoms with Gasteiger partial charge in [-0.1, -0.05) is 5.21 Å². The van der Waals surface area contributed by atoms with Crippen molar-refractivity contribution in [1.29, 1.82) is 0 Å². The Morgan fingerprint density at radius 3 is 2.79 bits per heavy atom. The molecule has 0 amide bonds.